The van der Waals surface area contributed by atoms with Crippen molar-refractivity contribution in [2.24, 2.45) is 5.10 Å². The monoisotopic (exact) mass is 220 g/mol. The minimum atomic E-state index is -0.264. The molecule has 1 amide bonds. The van der Waals surface area contributed by atoms with Gasteiger partial charge in [0.15, 0.2) is 0 Å². The molecule has 0 unspecified atom stereocenters. The van der Waals surface area contributed by atoms with Crippen LogP contribution in [0.4, 0.5) is 4.39 Å². The van der Waals surface area contributed by atoms with Crippen LogP contribution in [0.25, 0.3) is 0 Å². The Bertz CT molecular complexity index is 454. The van der Waals surface area contributed by atoms with Crippen molar-refractivity contribution in [3.8, 4) is 0 Å². The van der Waals surface area contributed by atoms with Crippen LogP contribution in [0.1, 0.15) is 30.9 Å². The van der Waals surface area contributed by atoms with E-state index in [1.807, 2.05) is 6.07 Å². The molecule has 0 aromatic heterocycles. The molecule has 16 heavy (non-hydrogen) atoms. The van der Waals surface area contributed by atoms with Gasteiger partial charge in [-0.1, -0.05) is 19.1 Å². The summed E-state index contributed by atoms with van der Waals surface area (Å²) < 4.78 is 13.6. The fraction of sp³-hybridized carbons (Fsp3) is 0.333. The summed E-state index contributed by atoms with van der Waals surface area (Å²) >= 11 is 0. The van der Waals surface area contributed by atoms with Crippen LogP contribution >= 0.6 is 0 Å². The normalized spacial score (nSPS) is 16.2. The van der Waals surface area contributed by atoms with Crippen molar-refractivity contribution in [3.05, 3.63) is 35.1 Å². The van der Waals surface area contributed by atoms with E-state index in [4.69, 9.17) is 0 Å². The summed E-state index contributed by atoms with van der Waals surface area (Å²) in [6.07, 6.45) is 1.84. The highest BCUT2D eigenvalue weighted by molar-refractivity contribution is 6.05. The Kier molecular flexibility index (Phi) is 2.99. The van der Waals surface area contributed by atoms with Gasteiger partial charge in [-0.15, -0.1) is 0 Å². The second-order valence-corrected chi connectivity index (χ2v) is 3.72. The fourth-order valence-corrected chi connectivity index (χ4v) is 1.80. The molecule has 0 bridgehead atoms. The molecule has 0 aliphatic heterocycles. The molecule has 1 aliphatic rings. The third-order valence-electron chi connectivity index (χ3n) is 2.66. The van der Waals surface area contributed by atoms with Gasteiger partial charge in [0.2, 0.25) is 5.91 Å². The van der Waals surface area contributed by atoms with E-state index in [-0.39, 0.29) is 11.7 Å². The number of fused-ring (bicyclic) bond motifs is 1. The van der Waals surface area contributed by atoms with Crippen LogP contribution in [-0.4, -0.2) is 11.6 Å². The van der Waals surface area contributed by atoms with Crippen LogP contribution in [0.15, 0.2) is 23.3 Å². The zero-order valence-corrected chi connectivity index (χ0v) is 9.09. The molecule has 2 rings (SSSR count). The summed E-state index contributed by atoms with van der Waals surface area (Å²) in [6, 6.07) is 5.01. The highest BCUT2D eigenvalue weighted by Crippen LogP contribution is 2.24. The van der Waals surface area contributed by atoms with E-state index in [0.717, 1.165) is 12.0 Å². The molecule has 0 atom stereocenters. The molecule has 0 radical (unpaired) electrons. The summed E-state index contributed by atoms with van der Waals surface area (Å²) in [5.74, 6) is -0.420. The number of carbonyl (C=O) groups is 1. The van der Waals surface area contributed by atoms with Gasteiger partial charge in [-0.2, -0.15) is 5.10 Å². The SMILES string of the molecule is CCC(=O)N/N=C1/CCc2cccc(F)c21. The molecule has 1 N–H and O–H groups in total. The van der Waals surface area contributed by atoms with E-state index in [0.29, 0.717) is 24.1 Å². The number of aryl methyl sites for hydroxylation is 1. The zero-order valence-electron chi connectivity index (χ0n) is 9.09. The Morgan fingerprint density at radius 3 is 3.06 bits per heavy atom. The van der Waals surface area contributed by atoms with Gasteiger partial charge in [0.25, 0.3) is 0 Å². The van der Waals surface area contributed by atoms with Gasteiger partial charge in [-0.3, -0.25) is 4.79 Å². The molecule has 1 aromatic rings. The number of carbonyl (C=O) groups excluding carboxylic acids is 1. The predicted octanol–water partition coefficient (Wildman–Crippen LogP) is 2.00. The van der Waals surface area contributed by atoms with Gasteiger partial charge >= 0.3 is 0 Å². The van der Waals surface area contributed by atoms with Crippen LogP contribution in [0.5, 0.6) is 0 Å². The Morgan fingerprint density at radius 2 is 2.31 bits per heavy atom. The summed E-state index contributed by atoms with van der Waals surface area (Å²) in [5.41, 5.74) is 4.58. The molecule has 0 fully saturated rings. The minimum Gasteiger partial charge on any atom is -0.273 e. The van der Waals surface area contributed by atoms with Crippen molar-refractivity contribution in [2.45, 2.75) is 26.2 Å². The van der Waals surface area contributed by atoms with E-state index in [1.54, 1.807) is 13.0 Å². The topological polar surface area (TPSA) is 41.5 Å². The lowest BCUT2D eigenvalue weighted by Crippen LogP contribution is -2.18. The summed E-state index contributed by atoms with van der Waals surface area (Å²) in [7, 11) is 0. The molecular weight excluding hydrogens is 207 g/mol. The zero-order chi connectivity index (χ0) is 11.5. The van der Waals surface area contributed by atoms with Crippen LogP contribution in [0.2, 0.25) is 0 Å². The molecule has 1 aromatic carbocycles. The maximum Gasteiger partial charge on any atom is 0.239 e. The average molecular weight is 220 g/mol. The number of hydrogen-bond acceptors (Lipinski definition) is 2. The van der Waals surface area contributed by atoms with Crippen molar-refractivity contribution >= 4 is 11.6 Å². The summed E-state index contributed by atoms with van der Waals surface area (Å²) in [4.78, 5) is 11.1. The number of hydrazone groups is 1. The van der Waals surface area contributed by atoms with Crippen molar-refractivity contribution in [3.63, 3.8) is 0 Å². The summed E-state index contributed by atoms with van der Waals surface area (Å²) in [5, 5.41) is 3.97. The van der Waals surface area contributed by atoms with Crippen LogP contribution in [0, 0.1) is 5.82 Å². The maximum atomic E-state index is 13.6. The van der Waals surface area contributed by atoms with Crippen molar-refractivity contribution in [2.75, 3.05) is 0 Å². The molecule has 3 nitrogen and oxygen atoms in total. The first-order valence-electron chi connectivity index (χ1n) is 5.35. The van der Waals surface area contributed by atoms with Crippen LogP contribution < -0.4 is 5.43 Å². The van der Waals surface area contributed by atoms with E-state index in [9.17, 15) is 9.18 Å². The van der Waals surface area contributed by atoms with Crippen molar-refractivity contribution < 1.29 is 9.18 Å². The average Bonchev–Trinajstić information content (AvgIpc) is 2.70. The number of halogens is 1. The lowest BCUT2D eigenvalue weighted by molar-refractivity contribution is -0.120. The molecule has 0 spiro atoms. The van der Waals surface area contributed by atoms with Gasteiger partial charge in [0.05, 0.1) is 5.71 Å². The number of nitrogens with one attached hydrogen (secondary N) is 1. The van der Waals surface area contributed by atoms with Gasteiger partial charge in [0.1, 0.15) is 5.82 Å². The Labute approximate surface area is 93.4 Å². The minimum absolute atomic E-state index is 0.155. The van der Waals surface area contributed by atoms with E-state index in [2.05, 4.69) is 10.5 Å². The maximum absolute atomic E-state index is 13.6. The van der Waals surface area contributed by atoms with Crippen LogP contribution in [0.3, 0.4) is 0 Å². The Hall–Kier alpha value is -1.71. The largest absolute Gasteiger partial charge is 0.273 e. The molecule has 0 saturated heterocycles. The van der Waals surface area contributed by atoms with Gasteiger partial charge in [-0.05, 0) is 24.5 Å². The van der Waals surface area contributed by atoms with Gasteiger partial charge < -0.3 is 0 Å². The first kappa shape index (κ1) is 10.8. The number of nitrogens with zero attached hydrogens (tertiary/aromatic N) is 1. The second kappa shape index (κ2) is 4.43. The lowest BCUT2D eigenvalue weighted by atomic mass is 10.1. The number of amides is 1. The molecule has 0 saturated carbocycles. The summed E-state index contributed by atoms with van der Waals surface area (Å²) in [6.45, 7) is 1.75. The standard InChI is InChI=1S/C12H13FN2O/c1-2-11(16)15-14-10-7-6-8-4-3-5-9(13)12(8)10/h3-5H,2,6-7H2,1H3,(H,15,16)/b14-10-. The molecular formula is C12H13FN2O. The predicted molar refractivity (Wildman–Crippen MR) is 59.7 cm³/mol. The molecule has 4 heteroatoms. The highest BCUT2D eigenvalue weighted by atomic mass is 19.1. The smallest absolute Gasteiger partial charge is 0.239 e. The third-order valence-corrected chi connectivity index (χ3v) is 2.66. The third kappa shape index (κ3) is 1.96. The van der Waals surface area contributed by atoms with Gasteiger partial charge in [-0.25, -0.2) is 9.82 Å². The lowest BCUT2D eigenvalue weighted by Gasteiger charge is -2.02. The fourth-order valence-electron chi connectivity index (χ4n) is 1.80. The Balaban J connectivity index is 2.26. The van der Waals surface area contributed by atoms with E-state index >= 15 is 0 Å². The second-order valence-electron chi connectivity index (χ2n) is 3.72. The van der Waals surface area contributed by atoms with Crippen molar-refractivity contribution in [1.29, 1.82) is 0 Å². The van der Waals surface area contributed by atoms with Gasteiger partial charge in [0, 0.05) is 12.0 Å². The number of benzene rings is 1. The van der Waals surface area contributed by atoms with E-state index in [1.165, 1.54) is 6.07 Å². The highest BCUT2D eigenvalue weighted by Gasteiger charge is 2.21. The number of rotatable bonds is 2. The quantitative estimate of drug-likeness (QED) is 0.761. The van der Waals surface area contributed by atoms with E-state index < -0.39 is 0 Å². The molecule has 0 heterocycles. The van der Waals surface area contributed by atoms with Crippen LogP contribution in [-0.2, 0) is 11.2 Å². The first-order valence-corrected chi connectivity index (χ1v) is 5.35. The molecule has 84 valence electrons. The first-order chi connectivity index (χ1) is 7.72. The number of hydrogen-bond donors (Lipinski definition) is 1. The Morgan fingerprint density at radius 1 is 1.50 bits per heavy atom. The molecule has 1 aliphatic carbocycles. The van der Waals surface area contributed by atoms with Crippen molar-refractivity contribution in [1.82, 2.24) is 5.43 Å².